The summed E-state index contributed by atoms with van der Waals surface area (Å²) in [7, 11) is 0. The van der Waals surface area contributed by atoms with Gasteiger partial charge in [0.05, 0.1) is 12.1 Å². The molecule has 116 valence electrons. The molecule has 2 heterocycles. The van der Waals surface area contributed by atoms with Crippen molar-refractivity contribution in [2.75, 3.05) is 5.32 Å². The van der Waals surface area contributed by atoms with Gasteiger partial charge in [-0.1, -0.05) is 18.0 Å². The number of hydrogen-bond acceptors (Lipinski definition) is 5. The van der Waals surface area contributed by atoms with Crippen LogP contribution in [0.1, 0.15) is 54.4 Å². The van der Waals surface area contributed by atoms with Gasteiger partial charge in [0, 0.05) is 17.7 Å². The average molecular weight is 300 g/mol. The zero-order chi connectivity index (χ0) is 15.5. The summed E-state index contributed by atoms with van der Waals surface area (Å²) in [4.78, 5) is 21.0. The Kier molecular flexibility index (Phi) is 4.18. The topological polar surface area (TPSA) is 80.9 Å². The van der Waals surface area contributed by atoms with Crippen molar-refractivity contribution in [3.05, 3.63) is 35.1 Å². The van der Waals surface area contributed by atoms with Crippen LogP contribution in [-0.4, -0.2) is 21.0 Å². The van der Waals surface area contributed by atoms with Gasteiger partial charge in [-0.05, 0) is 32.8 Å². The first-order valence-corrected chi connectivity index (χ1v) is 7.68. The monoisotopic (exact) mass is 300 g/mol. The maximum atomic E-state index is 12.2. The summed E-state index contributed by atoms with van der Waals surface area (Å²) in [5.41, 5.74) is 1.59. The maximum Gasteiger partial charge on any atom is 0.230 e. The molecule has 2 aromatic rings. The second-order valence-electron chi connectivity index (χ2n) is 5.81. The Labute approximate surface area is 129 Å². The normalized spacial score (nSPS) is 15.2. The van der Waals surface area contributed by atoms with Gasteiger partial charge in [-0.25, -0.2) is 9.97 Å². The molecule has 0 unspecified atom stereocenters. The first-order chi connectivity index (χ1) is 10.6. The van der Waals surface area contributed by atoms with Gasteiger partial charge in [0.1, 0.15) is 17.4 Å². The van der Waals surface area contributed by atoms with E-state index in [0.29, 0.717) is 17.5 Å². The Morgan fingerprint density at radius 1 is 1.36 bits per heavy atom. The molecule has 6 heteroatoms. The van der Waals surface area contributed by atoms with E-state index in [1.165, 1.54) is 12.8 Å². The zero-order valence-electron chi connectivity index (χ0n) is 12.9. The third-order valence-electron chi connectivity index (χ3n) is 4.18. The van der Waals surface area contributed by atoms with Crippen molar-refractivity contribution in [3.8, 4) is 0 Å². The molecule has 1 aliphatic rings. The molecule has 1 N–H and O–H groups in total. The molecule has 0 aliphatic heterocycles. The lowest BCUT2D eigenvalue weighted by atomic mass is 10.1. The summed E-state index contributed by atoms with van der Waals surface area (Å²) in [5, 5.41) is 6.70. The number of hydrogen-bond donors (Lipinski definition) is 1. The standard InChI is InChI=1S/C16H20N4O2/c1-10-13(11(2)22-20-10)9-15(21)18-14-7-8-17-16(19-14)12-5-3-4-6-12/h7-8,12H,3-6,9H2,1-2H3,(H,17,18,19,21). The first-order valence-electron chi connectivity index (χ1n) is 7.68. The molecule has 3 rings (SSSR count). The lowest BCUT2D eigenvalue weighted by Gasteiger charge is -2.09. The summed E-state index contributed by atoms with van der Waals surface area (Å²) in [6.45, 7) is 3.65. The van der Waals surface area contributed by atoms with Gasteiger partial charge in [0.25, 0.3) is 0 Å². The second-order valence-corrected chi connectivity index (χ2v) is 5.81. The fourth-order valence-electron chi connectivity index (χ4n) is 2.93. The molecule has 0 bridgehead atoms. The van der Waals surface area contributed by atoms with E-state index in [9.17, 15) is 4.79 Å². The molecule has 0 spiro atoms. The lowest BCUT2D eigenvalue weighted by Crippen LogP contribution is -2.17. The van der Waals surface area contributed by atoms with Crippen molar-refractivity contribution >= 4 is 11.7 Å². The van der Waals surface area contributed by atoms with E-state index in [0.717, 1.165) is 29.9 Å². The number of carbonyl (C=O) groups excluding carboxylic acids is 1. The van der Waals surface area contributed by atoms with E-state index in [4.69, 9.17) is 4.52 Å². The van der Waals surface area contributed by atoms with Crippen molar-refractivity contribution in [1.29, 1.82) is 0 Å². The molecule has 6 nitrogen and oxygen atoms in total. The SMILES string of the molecule is Cc1noc(C)c1CC(=O)Nc1ccnc(C2CCCC2)n1. The van der Waals surface area contributed by atoms with Crippen LogP contribution in [0.3, 0.4) is 0 Å². The van der Waals surface area contributed by atoms with Crippen molar-refractivity contribution < 1.29 is 9.32 Å². The third kappa shape index (κ3) is 3.16. The fraction of sp³-hybridized carbons (Fsp3) is 0.500. The van der Waals surface area contributed by atoms with Crippen LogP contribution in [0.2, 0.25) is 0 Å². The predicted molar refractivity (Wildman–Crippen MR) is 81.6 cm³/mol. The lowest BCUT2D eigenvalue weighted by molar-refractivity contribution is -0.115. The molecule has 1 amide bonds. The molecule has 1 saturated carbocycles. The molecular weight excluding hydrogens is 280 g/mol. The van der Waals surface area contributed by atoms with Gasteiger partial charge in [-0.15, -0.1) is 0 Å². The van der Waals surface area contributed by atoms with E-state index >= 15 is 0 Å². The van der Waals surface area contributed by atoms with Gasteiger partial charge in [0.15, 0.2) is 0 Å². The van der Waals surface area contributed by atoms with Crippen LogP contribution in [0.4, 0.5) is 5.82 Å². The highest BCUT2D eigenvalue weighted by molar-refractivity contribution is 5.91. The van der Waals surface area contributed by atoms with Crippen LogP contribution in [-0.2, 0) is 11.2 Å². The van der Waals surface area contributed by atoms with Crippen LogP contribution >= 0.6 is 0 Å². The minimum absolute atomic E-state index is 0.120. The Morgan fingerprint density at radius 2 is 2.14 bits per heavy atom. The molecule has 0 aromatic carbocycles. The number of rotatable bonds is 4. The molecule has 0 radical (unpaired) electrons. The van der Waals surface area contributed by atoms with E-state index in [2.05, 4.69) is 20.4 Å². The maximum absolute atomic E-state index is 12.2. The molecule has 22 heavy (non-hydrogen) atoms. The molecular formula is C16H20N4O2. The molecule has 0 saturated heterocycles. The predicted octanol–water partition coefficient (Wildman–Crippen LogP) is 2.92. The Balaban J connectivity index is 1.67. The minimum atomic E-state index is -0.120. The Morgan fingerprint density at radius 3 is 2.82 bits per heavy atom. The van der Waals surface area contributed by atoms with Crippen molar-refractivity contribution in [3.63, 3.8) is 0 Å². The number of nitrogens with zero attached hydrogens (tertiary/aromatic N) is 3. The van der Waals surface area contributed by atoms with Gasteiger partial charge >= 0.3 is 0 Å². The summed E-state index contributed by atoms with van der Waals surface area (Å²) in [6, 6.07) is 1.73. The highest BCUT2D eigenvalue weighted by Gasteiger charge is 2.20. The van der Waals surface area contributed by atoms with Crippen LogP contribution < -0.4 is 5.32 Å². The van der Waals surface area contributed by atoms with Crippen molar-refractivity contribution in [1.82, 2.24) is 15.1 Å². The van der Waals surface area contributed by atoms with Crippen LogP contribution in [0.25, 0.3) is 0 Å². The second kappa shape index (κ2) is 6.25. The summed E-state index contributed by atoms with van der Waals surface area (Å²) in [6.07, 6.45) is 6.69. The van der Waals surface area contributed by atoms with E-state index in [1.807, 2.05) is 13.8 Å². The highest BCUT2D eigenvalue weighted by Crippen LogP contribution is 2.32. The Bertz CT molecular complexity index is 655. The summed E-state index contributed by atoms with van der Waals surface area (Å²) < 4.78 is 5.08. The van der Waals surface area contributed by atoms with Gasteiger partial charge in [-0.3, -0.25) is 4.79 Å². The fourth-order valence-corrected chi connectivity index (χ4v) is 2.93. The first kappa shape index (κ1) is 14.7. The number of amides is 1. The molecule has 1 aliphatic carbocycles. The molecule has 0 atom stereocenters. The van der Waals surface area contributed by atoms with Gasteiger partial charge in [0.2, 0.25) is 5.91 Å². The van der Waals surface area contributed by atoms with Crippen LogP contribution in [0, 0.1) is 13.8 Å². The smallest absolute Gasteiger partial charge is 0.230 e. The van der Waals surface area contributed by atoms with E-state index in [-0.39, 0.29) is 12.3 Å². The van der Waals surface area contributed by atoms with Crippen LogP contribution in [0.15, 0.2) is 16.8 Å². The number of carbonyl (C=O) groups is 1. The Hall–Kier alpha value is -2.24. The molecule has 2 aromatic heterocycles. The highest BCUT2D eigenvalue weighted by atomic mass is 16.5. The quantitative estimate of drug-likeness (QED) is 0.939. The zero-order valence-corrected chi connectivity index (χ0v) is 12.9. The number of aromatic nitrogens is 3. The van der Waals surface area contributed by atoms with Crippen molar-refractivity contribution in [2.24, 2.45) is 0 Å². The average Bonchev–Trinajstić information content (AvgIpc) is 3.13. The number of nitrogens with one attached hydrogen (secondary N) is 1. The van der Waals surface area contributed by atoms with Gasteiger partial charge < -0.3 is 9.84 Å². The molecule has 1 fully saturated rings. The summed E-state index contributed by atoms with van der Waals surface area (Å²) in [5.74, 6) is 2.40. The van der Waals surface area contributed by atoms with E-state index in [1.54, 1.807) is 12.3 Å². The largest absolute Gasteiger partial charge is 0.361 e. The van der Waals surface area contributed by atoms with Crippen LogP contribution in [0.5, 0.6) is 0 Å². The van der Waals surface area contributed by atoms with Crippen molar-refractivity contribution in [2.45, 2.75) is 51.9 Å². The summed E-state index contributed by atoms with van der Waals surface area (Å²) >= 11 is 0. The number of aryl methyl sites for hydroxylation is 2. The van der Waals surface area contributed by atoms with E-state index < -0.39 is 0 Å². The number of anilines is 1. The third-order valence-corrected chi connectivity index (χ3v) is 4.18. The van der Waals surface area contributed by atoms with Gasteiger partial charge in [-0.2, -0.15) is 0 Å². The minimum Gasteiger partial charge on any atom is -0.361 e.